The maximum atomic E-state index is 11.8. The lowest BCUT2D eigenvalue weighted by Crippen LogP contribution is -2.23. The molecule has 19 heavy (non-hydrogen) atoms. The topological polar surface area (TPSA) is 67.0 Å². The molecule has 0 radical (unpaired) electrons. The summed E-state index contributed by atoms with van der Waals surface area (Å²) in [6, 6.07) is 1.78. The lowest BCUT2D eigenvalue weighted by Gasteiger charge is -2.05. The van der Waals surface area contributed by atoms with Crippen molar-refractivity contribution >= 4 is 21.6 Å². The van der Waals surface area contributed by atoms with Crippen molar-refractivity contribution in [1.29, 1.82) is 0 Å². The number of aromatic amines is 1. The Labute approximate surface area is 111 Å². The third-order valence-electron chi connectivity index (χ3n) is 2.32. The lowest BCUT2D eigenvalue weighted by molar-refractivity contribution is 0.0187. The summed E-state index contributed by atoms with van der Waals surface area (Å²) in [5, 5.41) is 4.77. The Morgan fingerprint density at radius 1 is 1.53 bits per heavy atom. The van der Waals surface area contributed by atoms with Crippen molar-refractivity contribution in [3.63, 3.8) is 0 Å². The fourth-order valence-corrected chi connectivity index (χ4v) is 2.25. The third kappa shape index (κ3) is 4.05. The van der Waals surface area contributed by atoms with E-state index in [1.54, 1.807) is 6.07 Å². The lowest BCUT2D eigenvalue weighted by atomic mass is 10.4. The van der Waals surface area contributed by atoms with Gasteiger partial charge in [-0.1, -0.05) is 0 Å². The molecule has 2 aromatic rings. The molecule has 2 heterocycles. The van der Waals surface area contributed by atoms with Gasteiger partial charge in [0.05, 0.1) is 18.7 Å². The van der Waals surface area contributed by atoms with Crippen LogP contribution in [0.2, 0.25) is 0 Å². The molecule has 0 atom stereocenters. The largest absolute Gasteiger partial charge is 0.374 e. The number of hydrogen-bond donors (Lipinski definition) is 2. The molecule has 104 valence electrons. The average molecular weight is 289 g/mol. The Hall–Kier alpha value is -1.38. The minimum Gasteiger partial charge on any atom is -0.374 e. The molecule has 0 unspecified atom stereocenters. The Bertz CT molecular complexity index is 585. The summed E-state index contributed by atoms with van der Waals surface area (Å²) in [6.45, 7) is 0.407. The normalized spacial score (nSPS) is 11.5. The maximum Gasteiger partial charge on any atom is 0.268 e. The quantitative estimate of drug-likeness (QED) is 0.755. The van der Waals surface area contributed by atoms with E-state index in [4.69, 9.17) is 4.74 Å². The number of nitrogens with one attached hydrogen (secondary N) is 2. The number of H-pyrrole nitrogens is 1. The zero-order valence-corrected chi connectivity index (χ0v) is 10.8. The fraction of sp³-hybridized carbons (Fsp3) is 0.455. The molecular formula is C11H13F2N3O2S. The van der Waals surface area contributed by atoms with E-state index in [1.165, 1.54) is 11.3 Å². The highest BCUT2D eigenvalue weighted by molar-refractivity contribution is 7.17. The highest BCUT2D eigenvalue weighted by atomic mass is 32.1. The van der Waals surface area contributed by atoms with Gasteiger partial charge in [-0.05, 0) is 11.4 Å². The summed E-state index contributed by atoms with van der Waals surface area (Å²) < 4.78 is 28.9. The van der Waals surface area contributed by atoms with Gasteiger partial charge in [0, 0.05) is 6.54 Å². The van der Waals surface area contributed by atoms with E-state index >= 15 is 0 Å². The second-order valence-corrected chi connectivity index (χ2v) is 4.71. The van der Waals surface area contributed by atoms with E-state index in [2.05, 4.69) is 15.3 Å². The third-order valence-corrected chi connectivity index (χ3v) is 3.23. The Balaban J connectivity index is 1.80. The predicted octanol–water partition coefficient (Wildman–Crippen LogP) is 1.36. The summed E-state index contributed by atoms with van der Waals surface area (Å²) in [5.41, 5.74) is 0.505. The molecule has 2 rings (SSSR count). The molecule has 0 aliphatic heterocycles. The number of halogens is 2. The molecule has 2 aromatic heterocycles. The average Bonchev–Trinajstić information content (AvgIpc) is 2.82. The number of nitrogens with zero attached hydrogens (tertiary/aromatic N) is 1. The maximum absolute atomic E-state index is 11.8. The highest BCUT2D eigenvalue weighted by Gasteiger charge is 2.04. The molecule has 0 spiro atoms. The molecule has 0 fully saturated rings. The number of ether oxygens (including phenoxy) is 1. The predicted molar refractivity (Wildman–Crippen MR) is 68.8 cm³/mol. The van der Waals surface area contributed by atoms with E-state index in [9.17, 15) is 13.6 Å². The SMILES string of the molecule is O=c1[nH]c(CNCCOCC(F)F)nc2ccsc12. The van der Waals surface area contributed by atoms with Crippen LogP contribution in [0.3, 0.4) is 0 Å². The van der Waals surface area contributed by atoms with Crippen LogP contribution in [0.4, 0.5) is 8.78 Å². The van der Waals surface area contributed by atoms with Crippen LogP contribution in [0.5, 0.6) is 0 Å². The molecule has 2 N–H and O–H groups in total. The van der Waals surface area contributed by atoms with Crippen LogP contribution in [0.15, 0.2) is 16.2 Å². The van der Waals surface area contributed by atoms with Crippen LogP contribution in [-0.2, 0) is 11.3 Å². The second kappa shape index (κ2) is 6.69. The Morgan fingerprint density at radius 3 is 3.16 bits per heavy atom. The standard InChI is InChI=1S/C11H13F2N3O2S/c12-8(13)6-18-3-2-14-5-9-15-7-1-4-19-10(7)11(17)16-9/h1,4,8,14H,2-3,5-6H2,(H,15,16,17). The van der Waals surface area contributed by atoms with Crippen molar-refractivity contribution in [2.75, 3.05) is 19.8 Å². The molecule has 0 amide bonds. The zero-order valence-electron chi connectivity index (χ0n) is 9.99. The van der Waals surface area contributed by atoms with Gasteiger partial charge in [-0.3, -0.25) is 4.79 Å². The molecule has 0 aliphatic carbocycles. The zero-order chi connectivity index (χ0) is 13.7. The Kier molecular flexibility index (Phi) is 4.94. The minimum absolute atomic E-state index is 0.161. The second-order valence-electron chi connectivity index (χ2n) is 3.79. The first-order valence-corrected chi connectivity index (χ1v) is 6.58. The molecule has 0 bridgehead atoms. The fourth-order valence-electron chi connectivity index (χ4n) is 1.53. The molecule has 5 nitrogen and oxygen atoms in total. The first-order valence-electron chi connectivity index (χ1n) is 5.70. The van der Waals surface area contributed by atoms with Crippen LogP contribution < -0.4 is 10.9 Å². The number of alkyl halides is 2. The van der Waals surface area contributed by atoms with E-state index in [1.807, 2.05) is 5.38 Å². The minimum atomic E-state index is -2.45. The summed E-state index contributed by atoms with van der Waals surface area (Å²) in [6.07, 6.45) is -2.45. The number of hydrogen-bond acceptors (Lipinski definition) is 5. The van der Waals surface area contributed by atoms with Gasteiger partial charge in [0.2, 0.25) is 0 Å². The first kappa shape index (κ1) is 14.0. The van der Waals surface area contributed by atoms with Crippen LogP contribution in [-0.4, -0.2) is 36.2 Å². The van der Waals surface area contributed by atoms with E-state index < -0.39 is 13.0 Å². The van der Waals surface area contributed by atoms with E-state index in [0.29, 0.717) is 29.1 Å². The summed E-state index contributed by atoms with van der Waals surface area (Å²) >= 11 is 1.34. The number of fused-ring (bicyclic) bond motifs is 1. The number of aromatic nitrogens is 2. The molecule has 0 saturated heterocycles. The number of thiophene rings is 1. The van der Waals surface area contributed by atoms with Crippen molar-refractivity contribution < 1.29 is 13.5 Å². The summed E-state index contributed by atoms with van der Waals surface area (Å²) in [7, 11) is 0. The van der Waals surface area contributed by atoms with Crippen molar-refractivity contribution in [1.82, 2.24) is 15.3 Å². The Morgan fingerprint density at radius 2 is 2.37 bits per heavy atom. The van der Waals surface area contributed by atoms with Gasteiger partial charge in [-0.2, -0.15) is 0 Å². The molecular weight excluding hydrogens is 276 g/mol. The van der Waals surface area contributed by atoms with Crippen molar-refractivity contribution in [3.8, 4) is 0 Å². The van der Waals surface area contributed by atoms with Gasteiger partial charge in [-0.25, -0.2) is 13.8 Å². The van der Waals surface area contributed by atoms with Crippen LogP contribution in [0, 0.1) is 0 Å². The highest BCUT2D eigenvalue weighted by Crippen LogP contribution is 2.13. The monoisotopic (exact) mass is 289 g/mol. The summed E-state index contributed by atoms with van der Waals surface area (Å²) in [4.78, 5) is 18.6. The van der Waals surface area contributed by atoms with Gasteiger partial charge < -0.3 is 15.0 Å². The van der Waals surface area contributed by atoms with Gasteiger partial charge >= 0.3 is 0 Å². The van der Waals surface area contributed by atoms with Gasteiger partial charge in [0.15, 0.2) is 0 Å². The summed E-state index contributed by atoms with van der Waals surface area (Å²) in [5.74, 6) is 0.518. The van der Waals surface area contributed by atoms with Crippen molar-refractivity contribution in [3.05, 3.63) is 27.6 Å². The first-order chi connectivity index (χ1) is 9.16. The molecule has 8 heteroatoms. The van der Waals surface area contributed by atoms with Gasteiger partial charge in [0.1, 0.15) is 17.1 Å². The number of rotatable bonds is 7. The van der Waals surface area contributed by atoms with Crippen molar-refractivity contribution in [2.24, 2.45) is 0 Å². The molecule has 0 saturated carbocycles. The van der Waals surface area contributed by atoms with Gasteiger partial charge in [-0.15, -0.1) is 11.3 Å². The van der Waals surface area contributed by atoms with Crippen LogP contribution in [0.25, 0.3) is 10.2 Å². The smallest absolute Gasteiger partial charge is 0.268 e. The van der Waals surface area contributed by atoms with Crippen molar-refractivity contribution in [2.45, 2.75) is 13.0 Å². The van der Waals surface area contributed by atoms with Crippen LogP contribution in [0.1, 0.15) is 5.82 Å². The molecule has 0 aliphatic rings. The molecule has 0 aromatic carbocycles. The van der Waals surface area contributed by atoms with E-state index in [0.717, 1.165) is 0 Å². The van der Waals surface area contributed by atoms with E-state index in [-0.39, 0.29) is 12.2 Å². The van der Waals surface area contributed by atoms with Gasteiger partial charge in [0.25, 0.3) is 12.0 Å². The van der Waals surface area contributed by atoms with Crippen LogP contribution >= 0.6 is 11.3 Å².